The van der Waals surface area contributed by atoms with Crippen molar-refractivity contribution in [3.63, 3.8) is 0 Å². The molecule has 0 aromatic heterocycles. The highest BCUT2D eigenvalue weighted by molar-refractivity contribution is 7.85. The SMILES string of the molecule is CC(=O)N[C@H](Cc1ccccc1)C(=O)N[C@@H](CC[S@](=O)c1ccccc1)C(=O)O. The lowest BCUT2D eigenvalue weighted by molar-refractivity contribution is -0.142. The minimum Gasteiger partial charge on any atom is -0.480 e. The molecule has 2 amide bonds. The normalized spacial score (nSPS) is 13.7. The zero-order valence-electron chi connectivity index (χ0n) is 16.0. The van der Waals surface area contributed by atoms with Crippen LogP contribution in [0.4, 0.5) is 0 Å². The summed E-state index contributed by atoms with van der Waals surface area (Å²) in [6.45, 7) is 1.29. The van der Waals surface area contributed by atoms with Crippen molar-refractivity contribution < 1.29 is 23.7 Å². The van der Waals surface area contributed by atoms with Gasteiger partial charge in [0.15, 0.2) is 0 Å². The molecule has 3 atom stereocenters. The molecule has 0 unspecified atom stereocenters. The van der Waals surface area contributed by atoms with Crippen LogP contribution in [0.15, 0.2) is 65.6 Å². The van der Waals surface area contributed by atoms with Crippen LogP contribution < -0.4 is 10.6 Å². The van der Waals surface area contributed by atoms with Crippen molar-refractivity contribution in [3.8, 4) is 0 Å². The van der Waals surface area contributed by atoms with E-state index in [1.54, 1.807) is 30.3 Å². The van der Waals surface area contributed by atoms with Crippen LogP contribution in [0.1, 0.15) is 18.9 Å². The first-order valence-electron chi connectivity index (χ1n) is 9.14. The summed E-state index contributed by atoms with van der Waals surface area (Å²) >= 11 is 0. The van der Waals surface area contributed by atoms with Crippen molar-refractivity contribution in [1.29, 1.82) is 0 Å². The molecule has 0 heterocycles. The number of amides is 2. The molecule has 0 fully saturated rings. The maximum Gasteiger partial charge on any atom is 0.326 e. The van der Waals surface area contributed by atoms with E-state index >= 15 is 0 Å². The molecule has 0 saturated heterocycles. The van der Waals surface area contributed by atoms with Gasteiger partial charge in [0.25, 0.3) is 0 Å². The number of carboxylic acid groups (broad SMARTS) is 1. The van der Waals surface area contributed by atoms with Crippen molar-refractivity contribution in [3.05, 3.63) is 66.2 Å². The number of hydrogen-bond donors (Lipinski definition) is 3. The van der Waals surface area contributed by atoms with Crippen molar-refractivity contribution in [1.82, 2.24) is 10.6 Å². The van der Waals surface area contributed by atoms with E-state index in [-0.39, 0.29) is 18.6 Å². The molecule has 0 spiro atoms. The fraction of sp³-hybridized carbons (Fsp3) is 0.286. The van der Waals surface area contributed by atoms with Crippen LogP contribution in [-0.4, -0.2) is 44.9 Å². The molecular weight excluding hydrogens is 392 g/mol. The predicted octanol–water partition coefficient (Wildman–Crippen LogP) is 1.50. The summed E-state index contributed by atoms with van der Waals surface area (Å²) in [6, 6.07) is 15.7. The number of carbonyl (C=O) groups excluding carboxylic acids is 2. The van der Waals surface area contributed by atoms with Crippen molar-refractivity contribution in [2.24, 2.45) is 0 Å². The van der Waals surface area contributed by atoms with Gasteiger partial charge >= 0.3 is 5.97 Å². The van der Waals surface area contributed by atoms with Crippen molar-refractivity contribution >= 4 is 28.6 Å². The third-order valence-electron chi connectivity index (χ3n) is 4.19. The van der Waals surface area contributed by atoms with Gasteiger partial charge in [0, 0.05) is 24.0 Å². The van der Waals surface area contributed by atoms with Gasteiger partial charge in [-0.3, -0.25) is 13.8 Å². The van der Waals surface area contributed by atoms with E-state index in [4.69, 9.17) is 0 Å². The van der Waals surface area contributed by atoms with Gasteiger partial charge < -0.3 is 15.7 Å². The second kappa shape index (κ2) is 11.1. The summed E-state index contributed by atoms with van der Waals surface area (Å²) in [4.78, 5) is 36.3. The third-order valence-corrected chi connectivity index (χ3v) is 5.59. The summed E-state index contributed by atoms with van der Waals surface area (Å²) in [5.74, 6) is -2.12. The Morgan fingerprint density at radius 1 is 0.931 bits per heavy atom. The zero-order valence-corrected chi connectivity index (χ0v) is 16.9. The van der Waals surface area contributed by atoms with Crippen molar-refractivity contribution in [2.45, 2.75) is 36.7 Å². The Hall–Kier alpha value is -3.00. The lowest BCUT2D eigenvalue weighted by atomic mass is 10.0. The number of carboxylic acids is 1. The van der Waals surface area contributed by atoms with E-state index < -0.39 is 40.7 Å². The van der Waals surface area contributed by atoms with Gasteiger partial charge in [0.1, 0.15) is 12.1 Å². The molecule has 0 saturated carbocycles. The van der Waals surface area contributed by atoms with Gasteiger partial charge in [-0.25, -0.2) is 4.79 Å². The molecule has 2 rings (SSSR count). The Kier molecular flexibility index (Phi) is 8.54. The minimum atomic E-state index is -1.37. The second-order valence-electron chi connectivity index (χ2n) is 6.49. The van der Waals surface area contributed by atoms with E-state index in [0.717, 1.165) is 5.56 Å². The highest BCUT2D eigenvalue weighted by atomic mass is 32.2. The lowest BCUT2D eigenvalue weighted by Crippen LogP contribution is -2.52. The van der Waals surface area contributed by atoms with Crippen molar-refractivity contribution in [2.75, 3.05) is 5.75 Å². The first-order chi connectivity index (χ1) is 13.9. The van der Waals surface area contributed by atoms with Crippen LogP contribution in [0.25, 0.3) is 0 Å². The highest BCUT2D eigenvalue weighted by Gasteiger charge is 2.26. The van der Waals surface area contributed by atoms with Crippen LogP contribution in [0.5, 0.6) is 0 Å². The molecular formula is C21H24N2O5S. The van der Waals surface area contributed by atoms with Crippen LogP contribution >= 0.6 is 0 Å². The zero-order chi connectivity index (χ0) is 21.2. The van der Waals surface area contributed by atoms with Crippen LogP contribution in [0.3, 0.4) is 0 Å². The molecule has 2 aromatic rings. The number of hydrogen-bond acceptors (Lipinski definition) is 4. The molecule has 7 nitrogen and oxygen atoms in total. The van der Waals surface area contributed by atoms with E-state index in [9.17, 15) is 23.7 Å². The maximum absolute atomic E-state index is 12.6. The van der Waals surface area contributed by atoms with Gasteiger partial charge in [0.05, 0.1) is 10.8 Å². The molecule has 29 heavy (non-hydrogen) atoms. The summed E-state index contributed by atoms with van der Waals surface area (Å²) in [7, 11) is -1.37. The smallest absolute Gasteiger partial charge is 0.326 e. The van der Waals surface area contributed by atoms with E-state index in [2.05, 4.69) is 10.6 Å². The van der Waals surface area contributed by atoms with E-state index in [1.807, 2.05) is 30.3 Å². The average molecular weight is 416 g/mol. The summed E-state index contributed by atoms with van der Waals surface area (Å²) in [5.41, 5.74) is 0.832. The van der Waals surface area contributed by atoms with E-state index in [0.29, 0.717) is 4.90 Å². The van der Waals surface area contributed by atoms with Gasteiger partial charge in [-0.15, -0.1) is 0 Å². The van der Waals surface area contributed by atoms with Crippen LogP contribution in [0.2, 0.25) is 0 Å². The number of rotatable bonds is 10. The molecule has 8 heteroatoms. The molecule has 0 aliphatic carbocycles. The summed E-state index contributed by atoms with van der Waals surface area (Å²) < 4.78 is 12.3. The Bertz CT molecular complexity index is 858. The molecule has 3 N–H and O–H groups in total. The van der Waals surface area contributed by atoms with Gasteiger partial charge in [-0.1, -0.05) is 48.5 Å². The fourth-order valence-electron chi connectivity index (χ4n) is 2.75. The predicted molar refractivity (Wildman–Crippen MR) is 110 cm³/mol. The molecule has 0 aliphatic rings. The fourth-order valence-corrected chi connectivity index (χ4v) is 3.90. The second-order valence-corrected chi connectivity index (χ2v) is 8.06. The minimum absolute atomic E-state index is 0.000702. The molecule has 0 aliphatic heterocycles. The standard InChI is InChI=1S/C21H24N2O5S/c1-15(24)22-19(14-16-8-4-2-5-9-16)20(25)23-18(21(26)27)12-13-29(28)17-10-6-3-7-11-17/h2-11,18-19H,12-14H2,1H3,(H,22,24)(H,23,25)(H,26,27)/t18-,19+,29-/m0/s1. The number of carbonyl (C=O) groups is 3. The molecule has 0 radical (unpaired) electrons. The molecule has 0 bridgehead atoms. The Balaban J connectivity index is 2.02. The van der Waals surface area contributed by atoms with E-state index in [1.165, 1.54) is 6.92 Å². The average Bonchev–Trinajstić information content (AvgIpc) is 2.71. The molecule has 154 valence electrons. The van der Waals surface area contributed by atoms with Crippen LogP contribution in [-0.2, 0) is 31.6 Å². The van der Waals surface area contributed by atoms with Gasteiger partial charge in [0.2, 0.25) is 11.8 Å². The highest BCUT2D eigenvalue weighted by Crippen LogP contribution is 2.09. The van der Waals surface area contributed by atoms with Gasteiger partial charge in [-0.05, 0) is 24.1 Å². The third kappa shape index (κ3) is 7.50. The topological polar surface area (TPSA) is 113 Å². The first-order valence-corrected chi connectivity index (χ1v) is 10.5. The lowest BCUT2D eigenvalue weighted by Gasteiger charge is -2.21. The monoisotopic (exact) mass is 416 g/mol. The van der Waals surface area contributed by atoms with Gasteiger partial charge in [-0.2, -0.15) is 0 Å². The first kappa shape index (κ1) is 22.3. The Labute approximate surface area is 172 Å². The van der Waals surface area contributed by atoms with Crippen LogP contribution in [0, 0.1) is 0 Å². The Morgan fingerprint density at radius 2 is 1.52 bits per heavy atom. The number of nitrogens with one attached hydrogen (secondary N) is 2. The Morgan fingerprint density at radius 3 is 2.07 bits per heavy atom. The quantitative estimate of drug-likeness (QED) is 0.543. The summed E-state index contributed by atoms with van der Waals surface area (Å²) in [5, 5.41) is 14.5. The summed E-state index contributed by atoms with van der Waals surface area (Å²) in [6.07, 6.45) is 0.231. The largest absolute Gasteiger partial charge is 0.480 e. The maximum atomic E-state index is 12.6. The number of benzene rings is 2. The number of aliphatic carboxylic acids is 1. The molecule has 2 aromatic carbocycles.